The van der Waals surface area contributed by atoms with Gasteiger partial charge in [-0.2, -0.15) is 0 Å². The van der Waals surface area contributed by atoms with Crippen LogP contribution in [-0.4, -0.2) is 77.8 Å². The standard InChI is InChI=1S/C12H25N3O6/c13-1-3-18-5-8-21-10-12(17)15-2-4-19-6-7-20-9-11(14)16/h1-10,13H2,(H2,14,16)(H,15,17). The Bertz CT molecular complexity index is 278. The van der Waals surface area contributed by atoms with Crippen molar-refractivity contribution in [2.75, 3.05) is 65.9 Å². The third-order valence-corrected chi connectivity index (χ3v) is 2.05. The van der Waals surface area contributed by atoms with Crippen molar-refractivity contribution in [3.8, 4) is 0 Å². The summed E-state index contributed by atoms with van der Waals surface area (Å²) in [6, 6.07) is 0. The summed E-state index contributed by atoms with van der Waals surface area (Å²) >= 11 is 0. The number of carbonyl (C=O) groups excluding carboxylic acids is 2. The predicted octanol–water partition coefficient (Wildman–Crippen LogP) is -2.39. The molecule has 0 aliphatic carbocycles. The van der Waals surface area contributed by atoms with E-state index in [-0.39, 0.29) is 25.7 Å². The number of amides is 2. The van der Waals surface area contributed by atoms with Crippen LogP contribution in [0.4, 0.5) is 0 Å². The van der Waals surface area contributed by atoms with Crippen LogP contribution in [0.25, 0.3) is 0 Å². The monoisotopic (exact) mass is 307 g/mol. The Hall–Kier alpha value is -1.26. The Morgan fingerprint density at radius 3 is 2.00 bits per heavy atom. The van der Waals surface area contributed by atoms with Gasteiger partial charge in [-0.25, -0.2) is 0 Å². The van der Waals surface area contributed by atoms with Crippen LogP contribution in [0, 0.1) is 0 Å². The smallest absolute Gasteiger partial charge is 0.246 e. The summed E-state index contributed by atoms with van der Waals surface area (Å²) in [5.74, 6) is -0.738. The fourth-order valence-corrected chi connectivity index (χ4v) is 1.17. The van der Waals surface area contributed by atoms with Gasteiger partial charge >= 0.3 is 0 Å². The van der Waals surface area contributed by atoms with Crippen LogP contribution in [0.1, 0.15) is 0 Å². The van der Waals surface area contributed by atoms with Crippen LogP contribution in [0.3, 0.4) is 0 Å². The quantitative estimate of drug-likeness (QED) is 0.287. The molecule has 9 heteroatoms. The van der Waals surface area contributed by atoms with Crippen LogP contribution in [-0.2, 0) is 28.5 Å². The first-order chi connectivity index (χ1) is 10.2. The second kappa shape index (κ2) is 15.1. The number of nitrogens with one attached hydrogen (secondary N) is 1. The largest absolute Gasteiger partial charge is 0.378 e. The molecule has 124 valence electrons. The number of carbonyl (C=O) groups is 2. The summed E-state index contributed by atoms with van der Waals surface area (Å²) in [5.41, 5.74) is 10.1. The summed E-state index contributed by atoms with van der Waals surface area (Å²) in [6.07, 6.45) is 0. The molecule has 0 aromatic heterocycles. The summed E-state index contributed by atoms with van der Waals surface area (Å²) in [6.45, 7) is 2.91. The zero-order valence-electron chi connectivity index (χ0n) is 12.2. The van der Waals surface area contributed by atoms with E-state index in [2.05, 4.69) is 5.32 Å². The Morgan fingerprint density at radius 2 is 1.38 bits per heavy atom. The number of ether oxygens (including phenoxy) is 4. The van der Waals surface area contributed by atoms with Crippen molar-refractivity contribution in [2.45, 2.75) is 0 Å². The maximum Gasteiger partial charge on any atom is 0.246 e. The van der Waals surface area contributed by atoms with Crippen LogP contribution >= 0.6 is 0 Å². The molecule has 2 amide bonds. The number of rotatable bonds is 15. The first-order valence-electron chi connectivity index (χ1n) is 6.73. The molecule has 0 heterocycles. The third-order valence-electron chi connectivity index (χ3n) is 2.05. The minimum Gasteiger partial charge on any atom is -0.378 e. The zero-order chi connectivity index (χ0) is 15.8. The molecule has 0 radical (unpaired) electrons. The summed E-state index contributed by atoms with van der Waals surface area (Å²) in [5, 5.41) is 2.63. The number of nitrogens with two attached hydrogens (primary N) is 2. The highest BCUT2D eigenvalue weighted by molar-refractivity contribution is 5.77. The minimum absolute atomic E-state index is 0.0201. The molecular formula is C12H25N3O6. The molecule has 9 nitrogen and oxygen atoms in total. The van der Waals surface area contributed by atoms with Crippen molar-refractivity contribution in [1.82, 2.24) is 5.32 Å². The Morgan fingerprint density at radius 1 is 0.810 bits per heavy atom. The van der Waals surface area contributed by atoms with Gasteiger partial charge in [-0.05, 0) is 0 Å². The van der Waals surface area contributed by atoms with Gasteiger partial charge < -0.3 is 35.7 Å². The zero-order valence-corrected chi connectivity index (χ0v) is 12.2. The van der Waals surface area contributed by atoms with E-state index in [0.717, 1.165) is 0 Å². The molecule has 0 rings (SSSR count). The molecular weight excluding hydrogens is 282 g/mol. The molecule has 0 bridgehead atoms. The fourth-order valence-electron chi connectivity index (χ4n) is 1.17. The summed E-state index contributed by atoms with van der Waals surface area (Å²) in [7, 11) is 0. The van der Waals surface area contributed by atoms with Crippen molar-refractivity contribution < 1.29 is 28.5 Å². The maximum atomic E-state index is 11.3. The van der Waals surface area contributed by atoms with Crippen LogP contribution in [0.15, 0.2) is 0 Å². The molecule has 0 fully saturated rings. The summed E-state index contributed by atoms with van der Waals surface area (Å²) in [4.78, 5) is 21.7. The van der Waals surface area contributed by atoms with E-state index in [0.29, 0.717) is 46.1 Å². The van der Waals surface area contributed by atoms with Gasteiger partial charge in [0.2, 0.25) is 11.8 Å². The Labute approximate surface area is 124 Å². The van der Waals surface area contributed by atoms with E-state index >= 15 is 0 Å². The molecule has 0 aliphatic rings. The lowest BCUT2D eigenvalue weighted by atomic mass is 10.6. The fraction of sp³-hybridized carbons (Fsp3) is 0.833. The molecule has 0 aromatic carbocycles. The second-order valence-electron chi connectivity index (χ2n) is 3.93. The van der Waals surface area contributed by atoms with Gasteiger partial charge in [-0.1, -0.05) is 0 Å². The number of primary amides is 1. The van der Waals surface area contributed by atoms with E-state index in [1.54, 1.807) is 0 Å². The predicted molar refractivity (Wildman–Crippen MR) is 74.5 cm³/mol. The van der Waals surface area contributed by atoms with Gasteiger partial charge in [-0.3, -0.25) is 9.59 Å². The normalized spacial score (nSPS) is 10.5. The molecule has 0 aliphatic heterocycles. The van der Waals surface area contributed by atoms with Crippen molar-refractivity contribution >= 4 is 11.8 Å². The molecule has 21 heavy (non-hydrogen) atoms. The molecule has 0 unspecified atom stereocenters. The van der Waals surface area contributed by atoms with Gasteiger partial charge in [-0.15, -0.1) is 0 Å². The highest BCUT2D eigenvalue weighted by Gasteiger charge is 2.00. The lowest BCUT2D eigenvalue weighted by molar-refractivity contribution is -0.126. The first kappa shape index (κ1) is 19.7. The van der Waals surface area contributed by atoms with E-state index in [1.807, 2.05) is 0 Å². The first-order valence-corrected chi connectivity index (χ1v) is 6.73. The lowest BCUT2D eigenvalue weighted by Crippen LogP contribution is -2.31. The SMILES string of the molecule is NCCOCCOCC(=O)NCCOCCOCC(N)=O. The van der Waals surface area contributed by atoms with Crippen LogP contribution < -0.4 is 16.8 Å². The van der Waals surface area contributed by atoms with Gasteiger partial charge in [0.1, 0.15) is 13.2 Å². The van der Waals surface area contributed by atoms with Crippen LogP contribution in [0.2, 0.25) is 0 Å². The molecule has 5 N–H and O–H groups in total. The molecule has 0 saturated carbocycles. The minimum atomic E-state index is -0.518. The van der Waals surface area contributed by atoms with Crippen molar-refractivity contribution in [1.29, 1.82) is 0 Å². The number of hydrogen-bond donors (Lipinski definition) is 3. The lowest BCUT2D eigenvalue weighted by Gasteiger charge is -2.07. The topological polar surface area (TPSA) is 135 Å². The van der Waals surface area contributed by atoms with Gasteiger partial charge in [0, 0.05) is 13.1 Å². The molecule has 0 aromatic rings. The Kier molecular flexibility index (Phi) is 14.2. The van der Waals surface area contributed by atoms with E-state index < -0.39 is 5.91 Å². The van der Waals surface area contributed by atoms with Gasteiger partial charge in [0.05, 0.1) is 39.6 Å². The maximum absolute atomic E-state index is 11.3. The van der Waals surface area contributed by atoms with Gasteiger partial charge in [0.25, 0.3) is 0 Å². The highest BCUT2D eigenvalue weighted by Crippen LogP contribution is 1.80. The third kappa shape index (κ3) is 16.7. The highest BCUT2D eigenvalue weighted by atomic mass is 16.5. The van der Waals surface area contributed by atoms with Gasteiger partial charge in [0.15, 0.2) is 0 Å². The average Bonchev–Trinajstić information content (AvgIpc) is 2.45. The van der Waals surface area contributed by atoms with Crippen LogP contribution in [0.5, 0.6) is 0 Å². The summed E-state index contributed by atoms with van der Waals surface area (Å²) < 4.78 is 20.2. The van der Waals surface area contributed by atoms with Crippen molar-refractivity contribution in [3.63, 3.8) is 0 Å². The number of hydrogen-bond acceptors (Lipinski definition) is 7. The van der Waals surface area contributed by atoms with Crippen molar-refractivity contribution in [3.05, 3.63) is 0 Å². The average molecular weight is 307 g/mol. The molecule has 0 saturated heterocycles. The molecule has 0 atom stereocenters. The van der Waals surface area contributed by atoms with E-state index in [9.17, 15) is 9.59 Å². The van der Waals surface area contributed by atoms with Crippen molar-refractivity contribution in [2.24, 2.45) is 11.5 Å². The second-order valence-corrected chi connectivity index (χ2v) is 3.93. The Balaban J connectivity index is 3.17. The van der Waals surface area contributed by atoms with E-state index in [4.69, 9.17) is 30.4 Å². The van der Waals surface area contributed by atoms with E-state index in [1.165, 1.54) is 0 Å². The molecule has 0 spiro atoms.